The molecule has 4 heteroatoms. The number of nitrogens with one attached hydrogen (secondary N) is 1. The van der Waals surface area contributed by atoms with Crippen LogP contribution in [0, 0.1) is 6.92 Å². The van der Waals surface area contributed by atoms with Crippen LogP contribution in [0.1, 0.15) is 23.4 Å². The Hall–Kier alpha value is -1.58. The summed E-state index contributed by atoms with van der Waals surface area (Å²) in [7, 11) is 2.09. The van der Waals surface area contributed by atoms with Crippen LogP contribution in [0.4, 0.5) is 0 Å². The van der Waals surface area contributed by atoms with Crippen molar-refractivity contribution in [2.75, 3.05) is 0 Å². The van der Waals surface area contributed by atoms with Gasteiger partial charge < -0.3 is 4.98 Å². The summed E-state index contributed by atoms with van der Waals surface area (Å²) in [5, 5.41) is 0.740. The second kappa shape index (κ2) is 3.21. The van der Waals surface area contributed by atoms with Crippen molar-refractivity contribution in [3.63, 3.8) is 0 Å². The third-order valence-electron chi connectivity index (χ3n) is 3.41. The normalized spacial score (nSPS) is 14.3. The highest BCUT2D eigenvalue weighted by atomic mass is 16.1. The molecule has 0 radical (unpaired) electrons. The molecule has 0 bridgehead atoms. The molecule has 80 valence electrons. The number of aryl methyl sites for hydroxylation is 2. The molecule has 1 aliphatic carbocycles. The maximum Gasteiger partial charge on any atom is 0.258 e. The smallest absolute Gasteiger partial charge is 0.258 e. The van der Waals surface area contributed by atoms with Crippen molar-refractivity contribution in [1.82, 2.24) is 9.97 Å². The number of aromatic amines is 1. The summed E-state index contributed by atoms with van der Waals surface area (Å²) >= 11 is 0. The number of nitrogens with zero attached hydrogens (tertiary/aromatic N) is 1. The molecule has 0 fully saturated rings. The van der Waals surface area contributed by atoms with E-state index in [2.05, 4.69) is 17.8 Å². The van der Waals surface area contributed by atoms with Crippen LogP contribution in [0.3, 0.4) is 0 Å². The zero-order valence-electron chi connectivity index (χ0n) is 9.55. The van der Waals surface area contributed by atoms with Gasteiger partial charge in [0.05, 0.1) is 10.9 Å². The van der Waals surface area contributed by atoms with Gasteiger partial charge in [0.2, 0.25) is 0 Å². The van der Waals surface area contributed by atoms with E-state index in [-0.39, 0.29) is 5.56 Å². The van der Waals surface area contributed by atoms with Crippen molar-refractivity contribution < 1.29 is 0 Å². The SMILES string of the molecule is Bc1cc2c(=O)[nH]c(C)nc2c2c1CCC2. The lowest BCUT2D eigenvalue weighted by molar-refractivity contribution is 0.913. The monoisotopic (exact) mass is 212 g/mol. The average Bonchev–Trinajstić information content (AvgIpc) is 2.69. The van der Waals surface area contributed by atoms with Gasteiger partial charge in [-0.25, -0.2) is 4.98 Å². The standard InChI is InChI=1S/C12H13BN2O/c1-6-14-11-8-4-2-3-7(8)10(13)5-9(11)12(16)15-6/h5H,2-4,13H2,1H3,(H,14,15,16). The third-order valence-corrected chi connectivity index (χ3v) is 3.41. The third kappa shape index (κ3) is 1.22. The summed E-state index contributed by atoms with van der Waals surface area (Å²) < 4.78 is 0. The van der Waals surface area contributed by atoms with Gasteiger partial charge >= 0.3 is 0 Å². The molecule has 3 rings (SSSR count). The Kier molecular flexibility index (Phi) is 1.93. The molecule has 16 heavy (non-hydrogen) atoms. The van der Waals surface area contributed by atoms with Gasteiger partial charge in [-0.3, -0.25) is 4.79 Å². The van der Waals surface area contributed by atoms with E-state index in [4.69, 9.17) is 0 Å². The molecular formula is C12H13BN2O. The number of hydrogen-bond acceptors (Lipinski definition) is 2. The fourth-order valence-corrected chi connectivity index (χ4v) is 2.70. The van der Waals surface area contributed by atoms with Gasteiger partial charge in [-0.05, 0) is 37.3 Å². The van der Waals surface area contributed by atoms with Gasteiger partial charge in [0.15, 0.2) is 0 Å². The Balaban J connectivity index is 2.53. The van der Waals surface area contributed by atoms with Gasteiger partial charge in [0.25, 0.3) is 5.56 Å². The summed E-state index contributed by atoms with van der Waals surface area (Å²) in [6, 6.07) is 1.98. The van der Waals surface area contributed by atoms with Gasteiger partial charge in [-0.15, -0.1) is 0 Å². The highest BCUT2D eigenvalue weighted by Crippen LogP contribution is 2.25. The summed E-state index contributed by atoms with van der Waals surface area (Å²) in [6.45, 7) is 1.84. The molecule has 0 aliphatic heterocycles. The zero-order chi connectivity index (χ0) is 11.3. The van der Waals surface area contributed by atoms with E-state index in [1.54, 1.807) is 0 Å². The molecular weight excluding hydrogens is 199 g/mol. The van der Waals surface area contributed by atoms with Crippen LogP contribution in [0.15, 0.2) is 10.9 Å². The highest BCUT2D eigenvalue weighted by molar-refractivity contribution is 6.34. The lowest BCUT2D eigenvalue weighted by Crippen LogP contribution is -2.17. The number of rotatable bonds is 0. The summed E-state index contributed by atoms with van der Waals surface area (Å²) in [5.41, 5.74) is 4.84. The van der Waals surface area contributed by atoms with E-state index in [0.717, 1.165) is 23.7 Å². The molecule has 0 atom stereocenters. The number of H-pyrrole nitrogens is 1. The molecule has 3 nitrogen and oxygen atoms in total. The predicted molar refractivity (Wildman–Crippen MR) is 67.3 cm³/mol. The van der Waals surface area contributed by atoms with Crippen molar-refractivity contribution in [1.29, 1.82) is 0 Å². The maximum absolute atomic E-state index is 11.9. The predicted octanol–water partition coefficient (Wildman–Crippen LogP) is -0.0214. The zero-order valence-corrected chi connectivity index (χ0v) is 9.55. The Morgan fingerprint density at radius 1 is 1.38 bits per heavy atom. The maximum atomic E-state index is 11.9. The van der Waals surface area contributed by atoms with Crippen LogP contribution in [0.5, 0.6) is 0 Å². The number of benzene rings is 1. The van der Waals surface area contributed by atoms with Gasteiger partial charge in [0.1, 0.15) is 13.7 Å². The van der Waals surface area contributed by atoms with Gasteiger partial charge in [0, 0.05) is 0 Å². The molecule has 0 amide bonds. The van der Waals surface area contributed by atoms with Gasteiger partial charge in [-0.1, -0.05) is 11.5 Å². The van der Waals surface area contributed by atoms with Crippen molar-refractivity contribution in [3.05, 3.63) is 33.4 Å². The first-order valence-corrected chi connectivity index (χ1v) is 5.69. The summed E-state index contributed by atoms with van der Waals surface area (Å²) in [6.07, 6.45) is 3.37. The van der Waals surface area contributed by atoms with Crippen molar-refractivity contribution in [2.24, 2.45) is 0 Å². The van der Waals surface area contributed by atoms with E-state index in [9.17, 15) is 4.79 Å². The second-order valence-electron chi connectivity index (χ2n) is 4.55. The quantitative estimate of drug-likeness (QED) is 0.623. The molecule has 0 saturated carbocycles. The Bertz CT molecular complexity index is 645. The molecule has 1 aliphatic rings. The van der Waals surface area contributed by atoms with E-state index in [1.807, 2.05) is 13.0 Å². The fourth-order valence-electron chi connectivity index (χ4n) is 2.70. The number of aromatic nitrogens is 2. The van der Waals surface area contributed by atoms with E-state index in [0.29, 0.717) is 5.82 Å². The van der Waals surface area contributed by atoms with Gasteiger partial charge in [-0.2, -0.15) is 0 Å². The molecule has 1 aromatic carbocycles. The summed E-state index contributed by atoms with van der Waals surface area (Å²) in [5.74, 6) is 0.704. The molecule has 0 saturated heterocycles. The van der Waals surface area contributed by atoms with Crippen LogP contribution in [-0.4, -0.2) is 17.8 Å². The van der Waals surface area contributed by atoms with Crippen molar-refractivity contribution in [2.45, 2.75) is 26.2 Å². The van der Waals surface area contributed by atoms with E-state index < -0.39 is 0 Å². The minimum atomic E-state index is -0.0136. The number of hydrogen-bond donors (Lipinski definition) is 1. The molecule has 1 aromatic heterocycles. The van der Waals surface area contributed by atoms with E-state index >= 15 is 0 Å². The van der Waals surface area contributed by atoms with Crippen LogP contribution in [0.2, 0.25) is 0 Å². The Morgan fingerprint density at radius 3 is 2.94 bits per heavy atom. The molecule has 2 aromatic rings. The highest BCUT2D eigenvalue weighted by Gasteiger charge is 2.18. The first-order valence-electron chi connectivity index (χ1n) is 5.69. The second-order valence-corrected chi connectivity index (χ2v) is 4.55. The minimum Gasteiger partial charge on any atom is -0.310 e. The topological polar surface area (TPSA) is 45.8 Å². The lowest BCUT2D eigenvalue weighted by atomic mass is 9.87. The van der Waals surface area contributed by atoms with Crippen LogP contribution in [-0.2, 0) is 12.8 Å². The Morgan fingerprint density at radius 2 is 2.12 bits per heavy atom. The molecule has 0 unspecified atom stereocenters. The van der Waals surface area contributed by atoms with E-state index in [1.165, 1.54) is 23.0 Å². The lowest BCUT2D eigenvalue weighted by Gasteiger charge is -2.08. The fraction of sp³-hybridized carbons (Fsp3) is 0.333. The molecule has 1 N–H and O–H groups in total. The summed E-state index contributed by atoms with van der Waals surface area (Å²) in [4.78, 5) is 19.1. The first kappa shape index (κ1) is 9.64. The van der Waals surface area contributed by atoms with Crippen molar-refractivity contribution in [3.8, 4) is 0 Å². The Labute approximate surface area is 94.3 Å². The first-order chi connectivity index (χ1) is 7.66. The molecule has 0 spiro atoms. The van der Waals surface area contributed by atoms with Crippen molar-refractivity contribution >= 4 is 24.2 Å². The van der Waals surface area contributed by atoms with Crippen LogP contribution >= 0.6 is 0 Å². The van der Waals surface area contributed by atoms with Crippen LogP contribution in [0.25, 0.3) is 10.9 Å². The minimum absolute atomic E-state index is 0.0136. The largest absolute Gasteiger partial charge is 0.310 e. The number of fused-ring (bicyclic) bond motifs is 3. The molecule has 1 heterocycles. The average molecular weight is 212 g/mol. The van der Waals surface area contributed by atoms with Crippen LogP contribution < -0.4 is 11.0 Å².